The van der Waals surface area contributed by atoms with Gasteiger partial charge in [-0.05, 0) is 61.1 Å². The van der Waals surface area contributed by atoms with Gasteiger partial charge in [0, 0.05) is 11.6 Å². The van der Waals surface area contributed by atoms with Crippen molar-refractivity contribution in [3.05, 3.63) is 70.9 Å². The van der Waals surface area contributed by atoms with Crippen LogP contribution in [-0.2, 0) is 11.2 Å². The summed E-state index contributed by atoms with van der Waals surface area (Å²) in [4.78, 5) is 12.8. The number of methoxy groups -OCH3 is 1. The number of ether oxygens (including phenoxy) is 3. The van der Waals surface area contributed by atoms with Crippen LogP contribution in [0.4, 0.5) is 5.82 Å². The number of aromatic nitrogens is 2. The summed E-state index contributed by atoms with van der Waals surface area (Å²) in [7, 11) is 1.58. The second kappa shape index (κ2) is 9.02. The van der Waals surface area contributed by atoms with Crippen molar-refractivity contribution in [2.24, 2.45) is 0 Å². The Morgan fingerprint density at radius 1 is 1.24 bits per heavy atom. The third-order valence-corrected chi connectivity index (χ3v) is 6.13. The predicted octanol–water partition coefficient (Wildman–Crippen LogP) is 4.55. The van der Waals surface area contributed by atoms with Gasteiger partial charge in [-0.3, -0.25) is 4.79 Å². The number of carbonyl (C=O) groups excluding carboxylic acids is 1. The highest BCUT2D eigenvalue weighted by molar-refractivity contribution is 6.02. The summed E-state index contributed by atoms with van der Waals surface area (Å²) < 4.78 is 18.7. The van der Waals surface area contributed by atoms with Crippen molar-refractivity contribution < 1.29 is 19.0 Å². The van der Waals surface area contributed by atoms with E-state index in [1.54, 1.807) is 13.2 Å². The van der Waals surface area contributed by atoms with Crippen LogP contribution in [0.1, 0.15) is 41.1 Å². The molecule has 1 N–H and O–H groups in total. The highest BCUT2D eigenvalue weighted by Crippen LogP contribution is 2.40. The fourth-order valence-corrected chi connectivity index (χ4v) is 4.54. The van der Waals surface area contributed by atoms with Gasteiger partial charge in [0.05, 0.1) is 19.3 Å². The van der Waals surface area contributed by atoms with Gasteiger partial charge in [0.15, 0.2) is 11.5 Å². The van der Waals surface area contributed by atoms with E-state index in [4.69, 9.17) is 14.2 Å². The highest BCUT2D eigenvalue weighted by atomic mass is 16.6. The first kappa shape index (κ1) is 21.1. The van der Waals surface area contributed by atoms with Gasteiger partial charge in [0.25, 0.3) is 0 Å². The van der Waals surface area contributed by atoms with E-state index in [1.807, 2.05) is 29.9 Å². The molecule has 7 heteroatoms. The number of hydrogen-bond acceptors (Lipinski definition) is 5. The number of aryl methyl sites for hydroxylation is 2. The molecule has 1 unspecified atom stereocenters. The van der Waals surface area contributed by atoms with E-state index in [0.717, 1.165) is 36.2 Å². The van der Waals surface area contributed by atoms with Crippen LogP contribution in [0.15, 0.2) is 48.7 Å². The molecule has 7 nitrogen and oxygen atoms in total. The Kier molecular flexibility index (Phi) is 5.77. The minimum Gasteiger partial charge on any atom is -0.493 e. The lowest BCUT2D eigenvalue weighted by Gasteiger charge is -2.27. The quantitative estimate of drug-likeness (QED) is 0.583. The van der Waals surface area contributed by atoms with Gasteiger partial charge in [0.2, 0.25) is 11.7 Å². The predicted molar refractivity (Wildman–Crippen MR) is 126 cm³/mol. The number of nitrogens with one attached hydrogen (secondary N) is 1. The zero-order chi connectivity index (χ0) is 22.8. The van der Waals surface area contributed by atoms with E-state index in [2.05, 4.69) is 34.7 Å². The van der Waals surface area contributed by atoms with Crippen molar-refractivity contribution >= 4 is 17.8 Å². The van der Waals surface area contributed by atoms with Crippen molar-refractivity contribution in [3.63, 3.8) is 0 Å². The lowest BCUT2D eigenvalue weighted by molar-refractivity contribution is -0.111. The van der Waals surface area contributed by atoms with Crippen molar-refractivity contribution in [1.29, 1.82) is 0 Å². The number of carbonyl (C=O) groups is 1. The molecule has 0 bridgehead atoms. The molecule has 1 atom stereocenters. The van der Waals surface area contributed by atoms with E-state index in [1.165, 1.54) is 17.2 Å². The van der Waals surface area contributed by atoms with Gasteiger partial charge in [-0.15, -0.1) is 0 Å². The molecular formula is C26H27N3O4. The molecule has 1 aliphatic heterocycles. The van der Waals surface area contributed by atoms with Crippen LogP contribution in [0.25, 0.3) is 6.08 Å². The fraction of sp³-hybridized carbons (Fsp3) is 0.308. The van der Waals surface area contributed by atoms with E-state index in [-0.39, 0.29) is 11.9 Å². The lowest BCUT2D eigenvalue weighted by atomic mass is 9.88. The van der Waals surface area contributed by atoms with Crippen LogP contribution >= 0.6 is 0 Å². The molecular weight excluding hydrogens is 418 g/mol. The zero-order valence-electron chi connectivity index (χ0n) is 18.8. The van der Waals surface area contributed by atoms with Gasteiger partial charge >= 0.3 is 0 Å². The Morgan fingerprint density at radius 2 is 2.09 bits per heavy atom. The lowest BCUT2D eigenvalue weighted by Crippen LogP contribution is -2.22. The van der Waals surface area contributed by atoms with E-state index >= 15 is 0 Å². The van der Waals surface area contributed by atoms with Crippen LogP contribution in [0.2, 0.25) is 0 Å². The number of amides is 1. The molecule has 0 saturated heterocycles. The van der Waals surface area contributed by atoms with Crippen molar-refractivity contribution in [2.45, 2.75) is 32.2 Å². The van der Waals surface area contributed by atoms with E-state index in [9.17, 15) is 4.79 Å². The van der Waals surface area contributed by atoms with E-state index in [0.29, 0.717) is 30.5 Å². The Balaban J connectivity index is 1.37. The van der Waals surface area contributed by atoms with Crippen LogP contribution in [0, 0.1) is 6.92 Å². The normalized spacial score (nSPS) is 17.0. The van der Waals surface area contributed by atoms with Crippen LogP contribution in [0.3, 0.4) is 0 Å². The van der Waals surface area contributed by atoms with Crippen molar-refractivity contribution in [1.82, 2.24) is 9.78 Å². The molecule has 33 heavy (non-hydrogen) atoms. The Morgan fingerprint density at radius 3 is 2.97 bits per heavy atom. The highest BCUT2D eigenvalue weighted by Gasteiger charge is 2.25. The number of hydrogen-bond donors (Lipinski definition) is 1. The summed E-state index contributed by atoms with van der Waals surface area (Å²) >= 11 is 0. The molecule has 2 aliphatic rings. The molecule has 2 aromatic carbocycles. The van der Waals surface area contributed by atoms with Gasteiger partial charge in [-0.1, -0.05) is 24.3 Å². The Labute approximate surface area is 193 Å². The molecule has 1 amide bonds. The summed E-state index contributed by atoms with van der Waals surface area (Å²) in [5.74, 6) is 2.30. The maximum Gasteiger partial charge on any atom is 0.249 e. The number of nitrogens with zero attached hydrogens (tertiary/aromatic N) is 2. The minimum atomic E-state index is -0.224. The molecule has 0 saturated carbocycles. The second-order valence-corrected chi connectivity index (χ2v) is 8.30. The maximum absolute atomic E-state index is 12.8. The maximum atomic E-state index is 12.8. The van der Waals surface area contributed by atoms with Crippen LogP contribution in [0.5, 0.6) is 17.2 Å². The number of anilines is 1. The van der Waals surface area contributed by atoms with Gasteiger partial charge in [0.1, 0.15) is 19.0 Å². The first-order valence-corrected chi connectivity index (χ1v) is 11.2. The number of rotatable bonds is 5. The molecule has 0 radical (unpaired) electrons. The summed E-state index contributed by atoms with van der Waals surface area (Å²) in [6.45, 7) is 2.93. The van der Waals surface area contributed by atoms with E-state index < -0.39 is 0 Å². The summed E-state index contributed by atoms with van der Waals surface area (Å²) in [6, 6.07) is 12.3. The summed E-state index contributed by atoms with van der Waals surface area (Å²) in [5.41, 5.74) is 4.35. The molecule has 3 aromatic rings. The molecule has 0 fully saturated rings. The Hall–Kier alpha value is -3.74. The largest absolute Gasteiger partial charge is 0.493 e. The van der Waals surface area contributed by atoms with Gasteiger partial charge in [-0.2, -0.15) is 5.10 Å². The summed E-state index contributed by atoms with van der Waals surface area (Å²) in [5, 5.41) is 7.65. The van der Waals surface area contributed by atoms with Crippen molar-refractivity contribution in [2.75, 3.05) is 25.6 Å². The summed E-state index contributed by atoms with van der Waals surface area (Å²) in [6.07, 6.45) is 8.23. The molecule has 1 aromatic heterocycles. The monoisotopic (exact) mass is 445 g/mol. The molecule has 0 spiro atoms. The van der Waals surface area contributed by atoms with Gasteiger partial charge in [-0.25, -0.2) is 4.68 Å². The molecule has 5 rings (SSSR count). The third-order valence-electron chi connectivity index (χ3n) is 6.13. The third kappa shape index (κ3) is 4.18. The van der Waals surface area contributed by atoms with Crippen LogP contribution in [-0.4, -0.2) is 36.0 Å². The number of fused-ring (bicyclic) bond motifs is 2. The molecule has 170 valence electrons. The Bertz CT molecular complexity index is 1200. The number of benzene rings is 2. The molecule has 1 aliphatic carbocycles. The molecule has 2 heterocycles. The fourth-order valence-electron chi connectivity index (χ4n) is 4.54. The second-order valence-electron chi connectivity index (χ2n) is 8.30. The first-order chi connectivity index (χ1) is 16.1. The van der Waals surface area contributed by atoms with Crippen molar-refractivity contribution in [3.8, 4) is 17.2 Å². The average Bonchev–Trinajstić information content (AvgIpc) is 3.21. The minimum absolute atomic E-state index is 0.116. The average molecular weight is 446 g/mol. The SMILES string of the molecule is COc1cc(/C=C/C(=O)Nc2c(C)cnn2C2CCCc3ccccc32)cc2c1OCCO2. The first-order valence-electron chi connectivity index (χ1n) is 11.2. The smallest absolute Gasteiger partial charge is 0.249 e. The zero-order valence-corrected chi connectivity index (χ0v) is 18.8. The van der Waals surface area contributed by atoms with Crippen LogP contribution < -0.4 is 19.5 Å². The van der Waals surface area contributed by atoms with Gasteiger partial charge < -0.3 is 19.5 Å². The topological polar surface area (TPSA) is 74.6 Å². The standard InChI is InChI=1S/C26H27N3O4/c1-17-16-27-29(21-9-5-7-19-6-3-4-8-20(19)21)26(17)28-24(30)11-10-18-14-22(31-2)25-23(15-18)32-12-13-33-25/h3-4,6,8,10-11,14-16,21H,5,7,9,12-13H2,1-2H3,(H,28,30)/b11-10+.